The summed E-state index contributed by atoms with van der Waals surface area (Å²) in [6, 6.07) is 7.04. The SMILES string of the molecule is CC(C)c1csc(CCNC(=O)c2ccccc2Cl)n1. The van der Waals surface area contributed by atoms with Gasteiger partial charge in [-0.1, -0.05) is 37.6 Å². The predicted octanol–water partition coefficient (Wildman–Crippen LogP) is 3.89. The zero-order valence-corrected chi connectivity index (χ0v) is 13.1. The molecule has 1 N–H and O–H groups in total. The number of nitrogens with one attached hydrogen (secondary N) is 1. The van der Waals surface area contributed by atoms with Crippen molar-refractivity contribution in [2.45, 2.75) is 26.2 Å². The Bertz CT molecular complexity index is 595. The number of amides is 1. The number of carbonyl (C=O) groups excluding carboxylic acids is 1. The maximum Gasteiger partial charge on any atom is 0.252 e. The third-order valence-corrected chi connectivity index (χ3v) is 4.16. The summed E-state index contributed by atoms with van der Waals surface area (Å²) in [5, 5.41) is 6.47. The highest BCUT2D eigenvalue weighted by atomic mass is 35.5. The summed E-state index contributed by atoms with van der Waals surface area (Å²) in [4.78, 5) is 16.5. The van der Waals surface area contributed by atoms with Crippen LogP contribution < -0.4 is 5.32 Å². The average Bonchev–Trinajstić information content (AvgIpc) is 2.88. The van der Waals surface area contributed by atoms with E-state index in [0.29, 0.717) is 23.0 Å². The van der Waals surface area contributed by atoms with E-state index in [1.807, 2.05) is 6.07 Å². The van der Waals surface area contributed by atoms with Crippen LogP contribution in [0.3, 0.4) is 0 Å². The Labute approximate surface area is 128 Å². The normalized spacial score (nSPS) is 10.8. The number of nitrogens with zero attached hydrogens (tertiary/aromatic N) is 1. The third kappa shape index (κ3) is 3.81. The fourth-order valence-electron chi connectivity index (χ4n) is 1.73. The Morgan fingerprint density at radius 2 is 2.15 bits per heavy atom. The summed E-state index contributed by atoms with van der Waals surface area (Å²) in [5.74, 6) is 0.300. The molecule has 0 aliphatic carbocycles. The first-order valence-corrected chi connectivity index (χ1v) is 7.80. The molecule has 0 saturated heterocycles. The molecule has 0 aliphatic rings. The molecular weight excluding hydrogens is 292 g/mol. The Hall–Kier alpha value is -1.39. The van der Waals surface area contributed by atoms with Crippen molar-refractivity contribution in [3.8, 4) is 0 Å². The zero-order valence-electron chi connectivity index (χ0n) is 11.5. The van der Waals surface area contributed by atoms with E-state index in [4.69, 9.17) is 11.6 Å². The fourth-order valence-corrected chi connectivity index (χ4v) is 2.91. The Kier molecular flexibility index (Phi) is 5.15. The van der Waals surface area contributed by atoms with Crippen LogP contribution in [-0.2, 0) is 6.42 Å². The number of thiazole rings is 1. The van der Waals surface area contributed by atoms with Gasteiger partial charge in [0.25, 0.3) is 5.91 Å². The highest BCUT2D eigenvalue weighted by molar-refractivity contribution is 7.09. The molecule has 2 rings (SSSR count). The fraction of sp³-hybridized carbons (Fsp3) is 0.333. The number of aromatic nitrogens is 1. The van der Waals surface area contributed by atoms with Crippen molar-refractivity contribution in [2.24, 2.45) is 0 Å². The van der Waals surface area contributed by atoms with Crippen LogP contribution >= 0.6 is 22.9 Å². The van der Waals surface area contributed by atoms with E-state index in [0.717, 1.165) is 17.1 Å². The molecule has 106 valence electrons. The van der Waals surface area contributed by atoms with Gasteiger partial charge in [0, 0.05) is 18.3 Å². The van der Waals surface area contributed by atoms with E-state index < -0.39 is 0 Å². The molecule has 2 aromatic rings. The van der Waals surface area contributed by atoms with E-state index in [2.05, 4.69) is 29.5 Å². The van der Waals surface area contributed by atoms with E-state index in [1.165, 1.54) is 0 Å². The summed E-state index contributed by atoms with van der Waals surface area (Å²) in [6.45, 7) is 4.81. The number of carbonyl (C=O) groups is 1. The first kappa shape index (κ1) is 15.0. The molecule has 0 bridgehead atoms. The minimum Gasteiger partial charge on any atom is -0.352 e. The van der Waals surface area contributed by atoms with Crippen LogP contribution in [-0.4, -0.2) is 17.4 Å². The van der Waals surface area contributed by atoms with Gasteiger partial charge < -0.3 is 5.32 Å². The van der Waals surface area contributed by atoms with Crippen molar-refractivity contribution in [2.75, 3.05) is 6.54 Å². The summed E-state index contributed by atoms with van der Waals surface area (Å²) >= 11 is 7.62. The second-order valence-corrected chi connectivity index (χ2v) is 6.16. The number of halogens is 1. The monoisotopic (exact) mass is 308 g/mol. The van der Waals surface area contributed by atoms with Gasteiger partial charge >= 0.3 is 0 Å². The van der Waals surface area contributed by atoms with Gasteiger partial charge in [0.05, 0.1) is 21.3 Å². The number of rotatable bonds is 5. The van der Waals surface area contributed by atoms with Gasteiger partial charge in [0.2, 0.25) is 0 Å². The van der Waals surface area contributed by atoms with Gasteiger partial charge in [-0.2, -0.15) is 0 Å². The van der Waals surface area contributed by atoms with E-state index in [1.54, 1.807) is 29.5 Å². The molecule has 0 radical (unpaired) electrons. The lowest BCUT2D eigenvalue weighted by molar-refractivity contribution is 0.0954. The number of hydrogen-bond acceptors (Lipinski definition) is 3. The van der Waals surface area contributed by atoms with Crippen LogP contribution in [0, 0.1) is 0 Å². The third-order valence-electron chi connectivity index (χ3n) is 2.90. The molecule has 1 aromatic heterocycles. The molecule has 1 aromatic carbocycles. The number of hydrogen-bond donors (Lipinski definition) is 1. The first-order chi connectivity index (χ1) is 9.58. The molecule has 3 nitrogen and oxygen atoms in total. The molecule has 20 heavy (non-hydrogen) atoms. The number of benzene rings is 1. The minimum atomic E-state index is -0.142. The lowest BCUT2D eigenvalue weighted by Gasteiger charge is -2.05. The van der Waals surface area contributed by atoms with Gasteiger partial charge in [0.15, 0.2) is 0 Å². The van der Waals surface area contributed by atoms with Crippen molar-refractivity contribution in [3.05, 3.63) is 50.9 Å². The van der Waals surface area contributed by atoms with Crippen molar-refractivity contribution in [1.82, 2.24) is 10.3 Å². The van der Waals surface area contributed by atoms with Gasteiger partial charge in [-0.25, -0.2) is 4.98 Å². The Morgan fingerprint density at radius 3 is 2.80 bits per heavy atom. The maximum atomic E-state index is 12.0. The van der Waals surface area contributed by atoms with Crippen LogP contribution in [0.4, 0.5) is 0 Å². The second-order valence-electron chi connectivity index (χ2n) is 4.81. The van der Waals surface area contributed by atoms with E-state index in [9.17, 15) is 4.79 Å². The summed E-state index contributed by atoms with van der Waals surface area (Å²) in [5.41, 5.74) is 1.62. The molecule has 1 heterocycles. The predicted molar refractivity (Wildman–Crippen MR) is 83.7 cm³/mol. The van der Waals surface area contributed by atoms with Crippen LogP contribution in [0.15, 0.2) is 29.6 Å². The first-order valence-electron chi connectivity index (χ1n) is 6.55. The highest BCUT2D eigenvalue weighted by Gasteiger charge is 2.10. The van der Waals surface area contributed by atoms with E-state index in [-0.39, 0.29) is 5.91 Å². The quantitative estimate of drug-likeness (QED) is 0.910. The molecule has 0 atom stereocenters. The minimum absolute atomic E-state index is 0.142. The standard InChI is InChI=1S/C15H17ClN2OS/c1-10(2)13-9-20-14(18-13)7-8-17-15(19)11-5-3-4-6-12(11)16/h3-6,9-10H,7-8H2,1-2H3,(H,17,19). The average molecular weight is 309 g/mol. The largest absolute Gasteiger partial charge is 0.352 e. The van der Waals surface area contributed by atoms with Gasteiger partial charge in [-0.15, -0.1) is 11.3 Å². The zero-order chi connectivity index (χ0) is 14.5. The van der Waals surface area contributed by atoms with Crippen LogP contribution in [0.25, 0.3) is 0 Å². The van der Waals surface area contributed by atoms with Crippen molar-refractivity contribution in [3.63, 3.8) is 0 Å². The molecule has 0 fully saturated rings. The highest BCUT2D eigenvalue weighted by Crippen LogP contribution is 2.18. The van der Waals surface area contributed by atoms with Crippen molar-refractivity contribution < 1.29 is 4.79 Å². The molecular formula is C15H17ClN2OS. The molecule has 0 saturated carbocycles. The summed E-state index contributed by atoms with van der Waals surface area (Å²) < 4.78 is 0. The molecule has 0 spiro atoms. The van der Waals surface area contributed by atoms with Crippen molar-refractivity contribution >= 4 is 28.8 Å². The maximum absolute atomic E-state index is 12.0. The molecule has 0 aliphatic heterocycles. The lowest BCUT2D eigenvalue weighted by Crippen LogP contribution is -2.25. The lowest BCUT2D eigenvalue weighted by atomic mass is 10.2. The van der Waals surface area contributed by atoms with Gasteiger partial charge in [-0.05, 0) is 18.1 Å². The molecule has 5 heteroatoms. The smallest absolute Gasteiger partial charge is 0.252 e. The van der Waals surface area contributed by atoms with Gasteiger partial charge in [-0.3, -0.25) is 4.79 Å². The Balaban J connectivity index is 1.86. The van der Waals surface area contributed by atoms with E-state index >= 15 is 0 Å². The van der Waals surface area contributed by atoms with Gasteiger partial charge in [0.1, 0.15) is 0 Å². The Morgan fingerprint density at radius 1 is 1.40 bits per heavy atom. The molecule has 0 unspecified atom stereocenters. The van der Waals surface area contributed by atoms with Crippen LogP contribution in [0.5, 0.6) is 0 Å². The van der Waals surface area contributed by atoms with Crippen LogP contribution in [0.2, 0.25) is 5.02 Å². The van der Waals surface area contributed by atoms with Crippen LogP contribution in [0.1, 0.15) is 40.8 Å². The topological polar surface area (TPSA) is 42.0 Å². The molecule has 1 amide bonds. The summed E-state index contributed by atoms with van der Waals surface area (Å²) in [7, 11) is 0. The summed E-state index contributed by atoms with van der Waals surface area (Å²) in [6.07, 6.45) is 0.744. The second kappa shape index (κ2) is 6.86. The van der Waals surface area contributed by atoms with Crippen molar-refractivity contribution in [1.29, 1.82) is 0 Å².